The van der Waals surface area contributed by atoms with E-state index in [2.05, 4.69) is 65.4 Å². The van der Waals surface area contributed by atoms with Crippen LogP contribution in [0.1, 0.15) is 11.4 Å². The maximum atomic E-state index is 4.48. The number of rotatable bonds is 2. The average molecular weight is 260 g/mol. The van der Waals surface area contributed by atoms with Crippen molar-refractivity contribution in [1.82, 2.24) is 9.97 Å². The van der Waals surface area contributed by atoms with Crippen LogP contribution < -0.4 is 0 Å². The van der Waals surface area contributed by atoms with Crippen molar-refractivity contribution in [2.45, 2.75) is 13.8 Å². The summed E-state index contributed by atoms with van der Waals surface area (Å²) in [7, 11) is 0. The van der Waals surface area contributed by atoms with Crippen LogP contribution >= 0.6 is 0 Å². The quantitative estimate of drug-likeness (QED) is 0.681. The zero-order chi connectivity index (χ0) is 13.9. The van der Waals surface area contributed by atoms with Crippen LogP contribution in [0.25, 0.3) is 22.4 Å². The fourth-order valence-electron chi connectivity index (χ4n) is 2.22. The molecule has 20 heavy (non-hydrogen) atoms. The fraction of sp³-hybridized carbons (Fsp3) is 0.111. The van der Waals surface area contributed by atoms with Crippen LogP contribution in [0, 0.1) is 13.8 Å². The number of hydrogen-bond donors (Lipinski definition) is 0. The summed E-state index contributed by atoms with van der Waals surface area (Å²) in [6.45, 7) is 4.01. The minimum atomic E-state index is 0.795. The number of hydrogen-bond acceptors (Lipinski definition) is 2. The Hall–Kier alpha value is -2.48. The van der Waals surface area contributed by atoms with Gasteiger partial charge in [0.2, 0.25) is 0 Å². The molecule has 1 heterocycles. The van der Waals surface area contributed by atoms with Gasteiger partial charge in [-0.15, -0.1) is 0 Å². The van der Waals surface area contributed by atoms with E-state index in [1.807, 2.05) is 13.0 Å². The van der Waals surface area contributed by atoms with E-state index in [4.69, 9.17) is 0 Å². The third-order valence-electron chi connectivity index (χ3n) is 3.32. The van der Waals surface area contributed by atoms with Gasteiger partial charge in [-0.2, -0.15) is 0 Å². The second-order valence-electron chi connectivity index (χ2n) is 4.94. The van der Waals surface area contributed by atoms with Gasteiger partial charge in [0.15, 0.2) is 0 Å². The summed E-state index contributed by atoms with van der Waals surface area (Å²) in [6.07, 6.45) is 1.80. The van der Waals surface area contributed by atoms with E-state index in [0.717, 1.165) is 17.1 Å². The van der Waals surface area contributed by atoms with Crippen LogP contribution in [-0.4, -0.2) is 9.97 Å². The van der Waals surface area contributed by atoms with Crippen LogP contribution in [0.2, 0.25) is 0 Å². The fourth-order valence-corrected chi connectivity index (χ4v) is 2.22. The third kappa shape index (κ3) is 2.59. The molecule has 0 saturated carbocycles. The van der Waals surface area contributed by atoms with Gasteiger partial charge in [-0.3, -0.25) is 0 Å². The molecule has 0 N–H and O–H groups in total. The Bertz CT molecular complexity index is 730. The van der Waals surface area contributed by atoms with Gasteiger partial charge < -0.3 is 0 Å². The van der Waals surface area contributed by atoms with E-state index in [1.165, 1.54) is 16.7 Å². The number of aromatic nitrogens is 2. The summed E-state index contributed by atoms with van der Waals surface area (Å²) < 4.78 is 0. The smallest absolute Gasteiger partial charge is 0.125 e. The van der Waals surface area contributed by atoms with Crippen LogP contribution in [-0.2, 0) is 0 Å². The molecule has 0 atom stereocenters. The lowest BCUT2D eigenvalue weighted by Gasteiger charge is -2.06. The Labute approximate surface area is 119 Å². The summed E-state index contributed by atoms with van der Waals surface area (Å²) in [6, 6.07) is 19.0. The first-order valence-corrected chi connectivity index (χ1v) is 6.69. The van der Waals surface area contributed by atoms with E-state index >= 15 is 0 Å². The molecule has 2 heteroatoms. The molecule has 1 aromatic heterocycles. The molecule has 0 unspecified atom stereocenters. The molecule has 2 nitrogen and oxygen atoms in total. The van der Waals surface area contributed by atoms with E-state index < -0.39 is 0 Å². The molecule has 0 amide bonds. The SMILES string of the molecule is Cc1ccc(-c2cccc(-c3ccnc(C)n3)c2)cc1. The van der Waals surface area contributed by atoms with Crippen LogP contribution in [0.4, 0.5) is 0 Å². The zero-order valence-electron chi connectivity index (χ0n) is 11.7. The highest BCUT2D eigenvalue weighted by Gasteiger charge is 2.03. The normalized spacial score (nSPS) is 10.5. The lowest BCUT2D eigenvalue weighted by molar-refractivity contribution is 1.06. The van der Waals surface area contributed by atoms with E-state index in [0.29, 0.717) is 0 Å². The second kappa shape index (κ2) is 5.25. The molecule has 98 valence electrons. The first kappa shape index (κ1) is 12.5. The highest BCUT2D eigenvalue weighted by atomic mass is 14.9. The van der Waals surface area contributed by atoms with Gasteiger partial charge in [0, 0.05) is 11.8 Å². The minimum absolute atomic E-state index is 0.795. The predicted octanol–water partition coefficient (Wildman–Crippen LogP) is 4.43. The number of aryl methyl sites for hydroxylation is 2. The molecule has 0 bridgehead atoms. The Morgan fingerprint density at radius 2 is 1.50 bits per heavy atom. The van der Waals surface area contributed by atoms with Crippen molar-refractivity contribution < 1.29 is 0 Å². The van der Waals surface area contributed by atoms with Crippen LogP contribution in [0.5, 0.6) is 0 Å². The monoisotopic (exact) mass is 260 g/mol. The van der Waals surface area contributed by atoms with Crippen molar-refractivity contribution >= 4 is 0 Å². The van der Waals surface area contributed by atoms with Gasteiger partial charge in [-0.25, -0.2) is 9.97 Å². The zero-order valence-corrected chi connectivity index (χ0v) is 11.7. The van der Waals surface area contributed by atoms with Crippen molar-refractivity contribution in [2.24, 2.45) is 0 Å². The van der Waals surface area contributed by atoms with Crippen molar-refractivity contribution in [2.75, 3.05) is 0 Å². The van der Waals surface area contributed by atoms with Crippen molar-refractivity contribution in [1.29, 1.82) is 0 Å². The highest BCUT2D eigenvalue weighted by Crippen LogP contribution is 2.25. The molecule has 0 aliphatic rings. The highest BCUT2D eigenvalue weighted by molar-refractivity contribution is 5.71. The Morgan fingerprint density at radius 3 is 2.25 bits per heavy atom. The van der Waals surface area contributed by atoms with Gasteiger partial charge in [-0.05, 0) is 37.1 Å². The van der Waals surface area contributed by atoms with Gasteiger partial charge in [-0.1, -0.05) is 48.0 Å². The maximum absolute atomic E-state index is 4.48. The second-order valence-corrected chi connectivity index (χ2v) is 4.94. The predicted molar refractivity (Wildman–Crippen MR) is 82.4 cm³/mol. The van der Waals surface area contributed by atoms with E-state index in [9.17, 15) is 0 Å². The van der Waals surface area contributed by atoms with E-state index in [-0.39, 0.29) is 0 Å². The molecule has 3 aromatic rings. The third-order valence-corrected chi connectivity index (χ3v) is 3.32. The van der Waals surface area contributed by atoms with Crippen molar-refractivity contribution in [3.63, 3.8) is 0 Å². The molecular weight excluding hydrogens is 244 g/mol. The van der Waals surface area contributed by atoms with Crippen molar-refractivity contribution in [3.8, 4) is 22.4 Å². The topological polar surface area (TPSA) is 25.8 Å². The largest absolute Gasteiger partial charge is 0.242 e. The molecule has 0 aliphatic carbocycles. The lowest BCUT2D eigenvalue weighted by atomic mass is 10.0. The minimum Gasteiger partial charge on any atom is -0.242 e. The van der Waals surface area contributed by atoms with Crippen molar-refractivity contribution in [3.05, 3.63) is 72.2 Å². The molecule has 0 saturated heterocycles. The molecule has 0 spiro atoms. The van der Waals surface area contributed by atoms with Gasteiger partial charge in [0.25, 0.3) is 0 Å². The lowest BCUT2D eigenvalue weighted by Crippen LogP contribution is -1.90. The number of benzene rings is 2. The Kier molecular flexibility index (Phi) is 3.30. The molecule has 0 fully saturated rings. The summed E-state index contributed by atoms with van der Waals surface area (Å²) in [5.74, 6) is 0.795. The van der Waals surface area contributed by atoms with Gasteiger partial charge in [0.1, 0.15) is 5.82 Å². The van der Waals surface area contributed by atoms with Gasteiger partial charge >= 0.3 is 0 Å². The molecule has 2 aromatic carbocycles. The molecule has 0 radical (unpaired) electrons. The average Bonchev–Trinajstić information content (AvgIpc) is 2.48. The van der Waals surface area contributed by atoms with Crippen LogP contribution in [0.15, 0.2) is 60.8 Å². The standard InChI is InChI=1S/C18H16N2/c1-13-6-8-15(9-7-13)16-4-3-5-17(12-16)18-10-11-19-14(2)20-18/h3-12H,1-2H3. The van der Waals surface area contributed by atoms with Crippen LogP contribution in [0.3, 0.4) is 0 Å². The van der Waals surface area contributed by atoms with Gasteiger partial charge in [0.05, 0.1) is 5.69 Å². The summed E-state index contributed by atoms with van der Waals surface area (Å²) >= 11 is 0. The Balaban J connectivity index is 2.03. The first-order chi connectivity index (χ1) is 9.72. The summed E-state index contributed by atoms with van der Waals surface area (Å²) in [5.41, 5.74) is 5.79. The number of nitrogens with zero attached hydrogens (tertiary/aromatic N) is 2. The summed E-state index contributed by atoms with van der Waals surface area (Å²) in [5, 5.41) is 0. The Morgan fingerprint density at radius 1 is 0.750 bits per heavy atom. The molecule has 3 rings (SSSR count). The van der Waals surface area contributed by atoms with E-state index in [1.54, 1.807) is 6.20 Å². The molecular formula is C18H16N2. The summed E-state index contributed by atoms with van der Waals surface area (Å²) in [4.78, 5) is 8.63. The molecule has 0 aliphatic heterocycles. The maximum Gasteiger partial charge on any atom is 0.125 e. The first-order valence-electron chi connectivity index (χ1n) is 6.69.